The van der Waals surface area contributed by atoms with E-state index in [1.165, 1.54) is 12.1 Å². The van der Waals surface area contributed by atoms with Crippen molar-refractivity contribution in [2.24, 2.45) is 5.92 Å². The minimum Gasteiger partial charge on any atom is -0.506 e. The van der Waals surface area contributed by atoms with Gasteiger partial charge in [0.2, 0.25) is 11.8 Å². The van der Waals surface area contributed by atoms with Crippen LogP contribution in [0.5, 0.6) is 5.75 Å². The molecule has 0 spiro atoms. The molecule has 2 aromatic rings. The van der Waals surface area contributed by atoms with E-state index >= 15 is 0 Å². The Balaban J connectivity index is 1.60. The lowest BCUT2D eigenvalue weighted by Crippen LogP contribution is -2.30. The molecule has 2 amide bonds. The molecule has 1 unspecified atom stereocenters. The zero-order chi connectivity index (χ0) is 17.1. The third-order valence-corrected chi connectivity index (χ3v) is 4.09. The number of hydrogen-bond donors (Lipinski definition) is 3. The van der Waals surface area contributed by atoms with E-state index in [1.54, 1.807) is 0 Å². The average Bonchev–Trinajstić information content (AvgIpc) is 2.56. The number of nitrogens with one attached hydrogen (secondary N) is 2. The Labute approximate surface area is 138 Å². The summed E-state index contributed by atoms with van der Waals surface area (Å²) >= 11 is 0. The highest BCUT2D eigenvalue weighted by atomic mass is 19.1. The minimum atomic E-state index is -0.701. The third-order valence-electron chi connectivity index (χ3n) is 4.09. The monoisotopic (exact) mass is 328 g/mol. The van der Waals surface area contributed by atoms with Gasteiger partial charge >= 0.3 is 0 Å². The van der Waals surface area contributed by atoms with Gasteiger partial charge in [0.25, 0.3) is 0 Å². The Hall–Kier alpha value is -2.89. The van der Waals surface area contributed by atoms with Crippen molar-refractivity contribution in [3.8, 4) is 5.75 Å². The number of carbonyl (C=O) groups is 2. The van der Waals surface area contributed by atoms with Crippen LogP contribution in [-0.2, 0) is 16.0 Å². The number of phenols is 1. The molecule has 1 aliphatic rings. The molecule has 0 saturated heterocycles. The molecular formula is C18H17FN2O3. The van der Waals surface area contributed by atoms with Gasteiger partial charge in [0.15, 0.2) is 5.82 Å². The number of phenolic OH excluding ortho intramolecular Hbond substituents is 1. The number of fused-ring (bicyclic) bond motifs is 1. The van der Waals surface area contributed by atoms with Gasteiger partial charge < -0.3 is 15.7 Å². The van der Waals surface area contributed by atoms with Gasteiger partial charge in [0.05, 0.1) is 0 Å². The summed E-state index contributed by atoms with van der Waals surface area (Å²) in [4.78, 5) is 24.1. The highest BCUT2D eigenvalue weighted by molar-refractivity contribution is 5.97. The molecular weight excluding hydrogens is 311 g/mol. The van der Waals surface area contributed by atoms with E-state index in [0.717, 1.165) is 17.3 Å². The smallest absolute Gasteiger partial charge is 0.227 e. The number of halogens is 1. The second-order valence-electron chi connectivity index (χ2n) is 5.77. The van der Waals surface area contributed by atoms with Gasteiger partial charge in [-0.3, -0.25) is 9.59 Å². The van der Waals surface area contributed by atoms with Crippen molar-refractivity contribution < 1.29 is 19.1 Å². The van der Waals surface area contributed by atoms with Crippen LogP contribution in [0.25, 0.3) is 0 Å². The lowest BCUT2D eigenvalue weighted by atomic mass is 9.89. The molecule has 1 atom stereocenters. The molecule has 0 saturated carbocycles. The van der Waals surface area contributed by atoms with Crippen LogP contribution in [0.2, 0.25) is 0 Å². The van der Waals surface area contributed by atoms with Gasteiger partial charge in [0.1, 0.15) is 11.4 Å². The molecule has 6 heteroatoms. The van der Waals surface area contributed by atoms with Crippen molar-refractivity contribution in [1.82, 2.24) is 0 Å². The number of carbonyl (C=O) groups excluding carboxylic acids is 2. The van der Waals surface area contributed by atoms with E-state index in [4.69, 9.17) is 0 Å². The first kappa shape index (κ1) is 16.0. The van der Waals surface area contributed by atoms with Gasteiger partial charge in [0, 0.05) is 18.0 Å². The van der Waals surface area contributed by atoms with E-state index in [2.05, 4.69) is 10.6 Å². The summed E-state index contributed by atoms with van der Waals surface area (Å²) in [6.45, 7) is 0. The fourth-order valence-electron chi connectivity index (χ4n) is 2.79. The fourth-order valence-corrected chi connectivity index (χ4v) is 2.79. The summed E-state index contributed by atoms with van der Waals surface area (Å²) in [6, 6.07) is 11.3. The second-order valence-corrected chi connectivity index (χ2v) is 5.77. The quantitative estimate of drug-likeness (QED) is 0.755. The first-order valence-corrected chi connectivity index (χ1v) is 7.70. The normalized spacial score (nSPS) is 16.2. The van der Waals surface area contributed by atoms with Crippen molar-refractivity contribution in [2.75, 3.05) is 10.6 Å². The maximum absolute atomic E-state index is 13.6. The number of para-hydroxylation sites is 2. The summed E-state index contributed by atoms with van der Waals surface area (Å²) in [7, 11) is 0. The zero-order valence-electron chi connectivity index (χ0n) is 12.9. The largest absolute Gasteiger partial charge is 0.506 e. The molecule has 5 nitrogen and oxygen atoms in total. The molecule has 124 valence electrons. The molecule has 0 aliphatic carbocycles. The summed E-state index contributed by atoms with van der Waals surface area (Å²) in [6.07, 6.45) is 0.982. The predicted octanol–water partition coefficient (Wildman–Crippen LogP) is 3.06. The molecule has 3 rings (SSSR count). The van der Waals surface area contributed by atoms with Crippen molar-refractivity contribution >= 4 is 23.2 Å². The molecule has 0 bridgehead atoms. The number of amides is 2. The number of anilines is 2. The van der Waals surface area contributed by atoms with E-state index in [0.29, 0.717) is 12.8 Å². The van der Waals surface area contributed by atoms with Crippen LogP contribution in [0.4, 0.5) is 15.8 Å². The predicted molar refractivity (Wildman–Crippen MR) is 88.2 cm³/mol. The molecule has 3 N–H and O–H groups in total. The van der Waals surface area contributed by atoms with Gasteiger partial charge in [-0.1, -0.05) is 24.3 Å². The van der Waals surface area contributed by atoms with Crippen LogP contribution in [0.3, 0.4) is 0 Å². The van der Waals surface area contributed by atoms with Gasteiger partial charge in [-0.2, -0.15) is 0 Å². The lowest BCUT2D eigenvalue weighted by Gasteiger charge is -2.24. The number of hydrogen-bond acceptors (Lipinski definition) is 3. The van der Waals surface area contributed by atoms with Crippen LogP contribution in [-0.4, -0.2) is 16.9 Å². The molecule has 0 radical (unpaired) electrons. The molecule has 1 aliphatic heterocycles. The minimum absolute atomic E-state index is 0.0635. The Morgan fingerprint density at radius 2 is 2.04 bits per heavy atom. The van der Waals surface area contributed by atoms with Crippen molar-refractivity contribution in [1.29, 1.82) is 0 Å². The van der Waals surface area contributed by atoms with E-state index < -0.39 is 11.7 Å². The summed E-state index contributed by atoms with van der Waals surface area (Å²) in [5.41, 5.74) is 1.61. The molecule has 0 aromatic heterocycles. The number of rotatable bonds is 4. The maximum atomic E-state index is 13.6. The van der Waals surface area contributed by atoms with E-state index in [-0.39, 0.29) is 29.7 Å². The van der Waals surface area contributed by atoms with Crippen LogP contribution < -0.4 is 10.6 Å². The van der Waals surface area contributed by atoms with E-state index in [1.807, 2.05) is 24.3 Å². The van der Waals surface area contributed by atoms with E-state index in [9.17, 15) is 19.1 Å². The van der Waals surface area contributed by atoms with Gasteiger partial charge in [-0.25, -0.2) is 4.39 Å². The molecule has 2 aromatic carbocycles. The highest BCUT2D eigenvalue weighted by Crippen LogP contribution is 2.29. The average molecular weight is 328 g/mol. The third kappa shape index (κ3) is 3.37. The van der Waals surface area contributed by atoms with Crippen molar-refractivity contribution in [3.05, 3.63) is 53.8 Å². The van der Waals surface area contributed by atoms with Crippen LogP contribution >= 0.6 is 0 Å². The van der Waals surface area contributed by atoms with Gasteiger partial charge in [-0.15, -0.1) is 0 Å². The Morgan fingerprint density at radius 1 is 1.25 bits per heavy atom. The zero-order valence-corrected chi connectivity index (χ0v) is 12.9. The van der Waals surface area contributed by atoms with Crippen LogP contribution in [0.15, 0.2) is 42.5 Å². The topological polar surface area (TPSA) is 78.4 Å². The summed E-state index contributed by atoms with van der Waals surface area (Å²) in [5, 5.41) is 14.8. The number of aromatic hydroxyl groups is 1. The first-order valence-electron chi connectivity index (χ1n) is 7.70. The lowest BCUT2D eigenvalue weighted by molar-refractivity contribution is -0.121. The highest BCUT2D eigenvalue weighted by Gasteiger charge is 2.26. The molecule has 0 fully saturated rings. The summed E-state index contributed by atoms with van der Waals surface area (Å²) < 4.78 is 13.6. The van der Waals surface area contributed by atoms with Gasteiger partial charge in [-0.05, 0) is 36.6 Å². The standard InChI is InChI=1S/C18H17FN2O3/c19-13-5-3-7-15(22)17(13)21-16(23)9-8-12-10-11-4-1-2-6-14(11)20-18(12)24/h1-7,12,22H,8-10H2,(H,20,24)(H,21,23). The summed E-state index contributed by atoms with van der Waals surface area (Å²) in [5.74, 6) is -1.89. The van der Waals surface area contributed by atoms with Crippen molar-refractivity contribution in [2.45, 2.75) is 19.3 Å². The Kier molecular flexibility index (Phi) is 4.46. The van der Waals surface area contributed by atoms with Crippen molar-refractivity contribution in [3.63, 3.8) is 0 Å². The fraction of sp³-hybridized carbons (Fsp3) is 0.222. The number of benzene rings is 2. The molecule has 1 heterocycles. The second kappa shape index (κ2) is 6.70. The molecule has 24 heavy (non-hydrogen) atoms. The first-order chi connectivity index (χ1) is 11.5. The van der Waals surface area contributed by atoms with Crippen LogP contribution in [0.1, 0.15) is 18.4 Å². The Bertz CT molecular complexity index is 771. The maximum Gasteiger partial charge on any atom is 0.227 e. The SMILES string of the molecule is O=C(CCC1Cc2ccccc2NC1=O)Nc1c(O)cccc1F. The Morgan fingerprint density at radius 3 is 2.83 bits per heavy atom. The van der Waals surface area contributed by atoms with Crippen LogP contribution in [0, 0.1) is 11.7 Å².